The van der Waals surface area contributed by atoms with Crippen LogP contribution in [0.4, 0.5) is 4.39 Å². The molecule has 0 spiro atoms. The Morgan fingerprint density at radius 2 is 2.29 bits per heavy atom. The van der Waals surface area contributed by atoms with Crippen molar-refractivity contribution in [3.63, 3.8) is 0 Å². The van der Waals surface area contributed by atoms with Gasteiger partial charge >= 0.3 is 0 Å². The quantitative estimate of drug-likeness (QED) is 0.776. The van der Waals surface area contributed by atoms with Gasteiger partial charge in [0, 0.05) is 5.56 Å². The molecule has 1 aliphatic heterocycles. The largest absolute Gasteiger partial charge is 0.487 e. The zero-order valence-electron chi connectivity index (χ0n) is 9.06. The van der Waals surface area contributed by atoms with E-state index < -0.39 is 0 Å². The molecule has 2 nitrogen and oxygen atoms in total. The van der Waals surface area contributed by atoms with Gasteiger partial charge in [0.1, 0.15) is 12.7 Å². The fourth-order valence-corrected chi connectivity index (χ4v) is 2.30. The van der Waals surface area contributed by atoms with Crippen molar-refractivity contribution in [3.8, 4) is 16.9 Å². The molecule has 0 aliphatic carbocycles. The Labute approximate surface area is 103 Å². The molecule has 0 amide bonds. The van der Waals surface area contributed by atoms with Crippen LogP contribution in [-0.4, -0.2) is 19.3 Å². The number of rotatable bonds is 4. The molecule has 0 bridgehead atoms. The predicted molar refractivity (Wildman–Crippen MR) is 64.9 cm³/mol. The number of halogens is 1. The van der Waals surface area contributed by atoms with Crippen molar-refractivity contribution < 1.29 is 13.9 Å². The average Bonchev–Trinajstić information content (AvgIpc) is 3.00. The Morgan fingerprint density at radius 1 is 1.41 bits per heavy atom. The number of benzene rings is 1. The smallest absolute Gasteiger partial charge is 0.165 e. The maximum Gasteiger partial charge on any atom is 0.165 e. The summed E-state index contributed by atoms with van der Waals surface area (Å²) >= 11 is 1.58. The minimum atomic E-state index is -0.325. The van der Waals surface area contributed by atoms with Gasteiger partial charge in [-0.3, -0.25) is 0 Å². The third-order valence-electron chi connectivity index (χ3n) is 2.62. The molecular weight excluding hydrogens is 239 g/mol. The van der Waals surface area contributed by atoms with Gasteiger partial charge in [0.15, 0.2) is 11.6 Å². The lowest BCUT2D eigenvalue weighted by Crippen LogP contribution is -2.06. The van der Waals surface area contributed by atoms with Crippen molar-refractivity contribution in [2.45, 2.75) is 6.10 Å². The van der Waals surface area contributed by atoms with Gasteiger partial charge < -0.3 is 9.47 Å². The number of epoxide rings is 1. The summed E-state index contributed by atoms with van der Waals surface area (Å²) in [5.41, 5.74) is 1.79. The zero-order valence-corrected chi connectivity index (χ0v) is 9.87. The summed E-state index contributed by atoms with van der Waals surface area (Å²) in [6.45, 7) is 1.13. The van der Waals surface area contributed by atoms with Crippen molar-refractivity contribution >= 4 is 11.3 Å². The van der Waals surface area contributed by atoms with Crippen LogP contribution in [0.3, 0.4) is 0 Å². The second-order valence-corrected chi connectivity index (χ2v) is 4.67. The third kappa shape index (κ3) is 2.33. The van der Waals surface area contributed by atoms with Crippen LogP contribution in [0.1, 0.15) is 0 Å². The Bertz CT molecular complexity index is 506. The Kier molecular flexibility index (Phi) is 2.82. The van der Waals surface area contributed by atoms with Gasteiger partial charge in [-0.15, -0.1) is 0 Å². The molecule has 0 radical (unpaired) electrons. The molecule has 0 saturated carbocycles. The fourth-order valence-electron chi connectivity index (χ4n) is 1.64. The normalized spacial score (nSPS) is 18.1. The van der Waals surface area contributed by atoms with E-state index in [9.17, 15) is 4.39 Å². The summed E-state index contributed by atoms with van der Waals surface area (Å²) < 4.78 is 24.3. The third-order valence-corrected chi connectivity index (χ3v) is 3.30. The number of thiophene rings is 1. The van der Waals surface area contributed by atoms with Crippen molar-refractivity contribution in [2.24, 2.45) is 0 Å². The molecular formula is C13H11FO2S. The first-order valence-corrected chi connectivity index (χ1v) is 6.34. The fraction of sp³-hybridized carbons (Fsp3) is 0.231. The standard InChI is InChI=1S/C13H11FO2S/c14-12-3-1-2-11(9-4-5-17-8-9)13(12)16-7-10-6-15-10/h1-5,8,10H,6-7H2/t10-/m0/s1. The van der Waals surface area contributed by atoms with Crippen LogP contribution in [-0.2, 0) is 4.74 Å². The van der Waals surface area contributed by atoms with Gasteiger partial charge in [-0.2, -0.15) is 11.3 Å². The molecule has 1 aromatic carbocycles. The molecule has 88 valence electrons. The highest BCUT2D eigenvalue weighted by molar-refractivity contribution is 7.08. The van der Waals surface area contributed by atoms with E-state index >= 15 is 0 Å². The topological polar surface area (TPSA) is 21.8 Å². The highest BCUT2D eigenvalue weighted by atomic mass is 32.1. The molecule has 2 heterocycles. The van der Waals surface area contributed by atoms with Crippen molar-refractivity contribution in [1.82, 2.24) is 0 Å². The molecule has 1 fully saturated rings. The lowest BCUT2D eigenvalue weighted by Gasteiger charge is -2.10. The van der Waals surface area contributed by atoms with Crippen LogP contribution in [0, 0.1) is 5.82 Å². The lowest BCUT2D eigenvalue weighted by atomic mass is 10.1. The van der Waals surface area contributed by atoms with E-state index in [0.717, 1.165) is 11.1 Å². The van der Waals surface area contributed by atoms with Gasteiger partial charge in [0.2, 0.25) is 0 Å². The van der Waals surface area contributed by atoms with Crippen LogP contribution >= 0.6 is 11.3 Å². The molecule has 3 rings (SSSR count). The molecule has 1 saturated heterocycles. The first-order valence-electron chi connectivity index (χ1n) is 5.40. The molecule has 1 atom stereocenters. The van der Waals surface area contributed by atoms with Crippen LogP contribution in [0.2, 0.25) is 0 Å². The van der Waals surface area contributed by atoms with Gasteiger partial charge in [-0.1, -0.05) is 12.1 Å². The molecule has 2 aromatic rings. The highest BCUT2D eigenvalue weighted by Gasteiger charge is 2.24. The van der Waals surface area contributed by atoms with Crippen molar-refractivity contribution in [1.29, 1.82) is 0 Å². The number of hydrogen-bond acceptors (Lipinski definition) is 3. The zero-order chi connectivity index (χ0) is 11.7. The highest BCUT2D eigenvalue weighted by Crippen LogP contribution is 2.34. The van der Waals surface area contributed by atoms with E-state index in [1.165, 1.54) is 6.07 Å². The van der Waals surface area contributed by atoms with E-state index in [1.807, 2.05) is 22.9 Å². The number of hydrogen-bond donors (Lipinski definition) is 0. The molecule has 0 N–H and O–H groups in total. The minimum absolute atomic E-state index is 0.130. The second kappa shape index (κ2) is 4.47. The second-order valence-electron chi connectivity index (χ2n) is 3.89. The summed E-state index contributed by atoms with van der Waals surface area (Å²) in [6, 6.07) is 6.94. The number of ether oxygens (including phenoxy) is 2. The van der Waals surface area contributed by atoms with Gasteiger partial charge in [0.25, 0.3) is 0 Å². The van der Waals surface area contributed by atoms with Gasteiger partial charge in [0.05, 0.1) is 6.61 Å². The first kappa shape index (κ1) is 10.7. The summed E-state index contributed by atoms with van der Waals surface area (Å²) in [7, 11) is 0. The molecule has 1 aromatic heterocycles. The van der Waals surface area contributed by atoms with Gasteiger partial charge in [-0.05, 0) is 28.5 Å². The monoisotopic (exact) mass is 250 g/mol. The Balaban J connectivity index is 1.92. The number of para-hydroxylation sites is 1. The molecule has 4 heteroatoms. The molecule has 0 unspecified atom stereocenters. The van der Waals surface area contributed by atoms with E-state index in [4.69, 9.17) is 9.47 Å². The Hall–Kier alpha value is -1.39. The summed E-state index contributed by atoms with van der Waals surface area (Å²) in [4.78, 5) is 0. The minimum Gasteiger partial charge on any atom is -0.487 e. The van der Waals surface area contributed by atoms with Crippen LogP contribution in [0.15, 0.2) is 35.0 Å². The molecule has 1 aliphatic rings. The van der Waals surface area contributed by atoms with E-state index in [-0.39, 0.29) is 11.9 Å². The Morgan fingerprint density at radius 3 is 3.00 bits per heavy atom. The van der Waals surface area contributed by atoms with E-state index in [0.29, 0.717) is 19.0 Å². The van der Waals surface area contributed by atoms with Gasteiger partial charge in [-0.25, -0.2) is 4.39 Å². The van der Waals surface area contributed by atoms with Crippen LogP contribution in [0.25, 0.3) is 11.1 Å². The van der Waals surface area contributed by atoms with Crippen LogP contribution in [0.5, 0.6) is 5.75 Å². The SMILES string of the molecule is Fc1cccc(-c2ccsc2)c1OC[C@@H]1CO1. The molecule has 17 heavy (non-hydrogen) atoms. The predicted octanol–water partition coefficient (Wildman–Crippen LogP) is 3.33. The van der Waals surface area contributed by atoms with E-state index in [1.54, 1.807) is 17.4 Å². The maximum atomic E-state index is 13.8. The summed E-state index contributed by atoms with van der Waals surface area (Å²) in [6.07, 6.45) is 0.130. The summed E-state index contributed by atoms with van der Waals surface area (Å²) in [5.74, 6) is -0.00394. The lowest BCUT2D eigenvalue weighted by molar-refractivity contribution is 0.255. The van der Waals surface area contributed by atoms with Crippen molar-refractivity contribution in [3.05, 3.63) is 40.8 Å². The maximum absolute atomic E-state index is 13.8. The average molecular weight is 250 g/mol. The summed E-state index contributed by atoms with van der Waals surface area (Å²) in [5, 5.41) is 3.95. The van der Waals surface area contributed by atoms with Crippen molar-refractivity contribution in [2.75, 3.05) is 13.2 Å². The van der Waals surface area contributed by atoms with E-state index in [2.05, 4.69) is 0 Å². The van der Waals surface area contributed by atoms with Crippen LogP contribution < -0.4 is 4.74 Å². The first-order chi connectivity index (χ1) is 8.34.